The molecule has 0 atom stereocenters. The number of rotatable bonds is 2. The molecule has 0 radical (unpaired) electrons. The van der Waals surface area contributed by atoms with Crippen LogP contribution in [-0.4, -0.2) is 6.72 Å². The Morgan fingerprint density at radius 2 is 2.11 bits per heavy atom. The van der Waals surface area contributed by atoms with Gasteiger partial charge in [-0.2, -0.15) is 0 Å². The zero-order valence-electron chi connectivity index (χ0n) is 5.89. The lowest BCUT2D eigenvalue weighted by molar-refractivity contribution is 1.24. The van der Waals surface area contributed by atoms with Gasteiger partial charge in [-0.15, -0.1) is 0 Å². The Morgan fingerprint density at radius 3 is 2.44 bits per heavy atom. The summed E-state index contributed by atoms with van der Waals surface area (Å²) in [6, 6.07) is 0. The highest BCUT2D eigenvalue weighted by molar-refractivity contribution is 5.28. The van der Waals surface area contributed by atoms with Crippen molar-refractivity contribution < 1.29 is 0 Å². The van der Waals surface area contributed by atoms with Crippen LogP contribution in [0.1, 0.15) is 13.8 Å². The Labute approximate surface area is 55.8 Å². The minimum absolute atomic E-state index is 0.815. The standard InChI is InChI=1S/C7H12N2/c1-6(7(2)8)4-5-9-3/h4-5H,3,8H2,1-2H3/b5-4-,7-6-. The van der Waals surface area contributed by atoms with E-state index in [-0.39, 0.29) is 0 Å². The molecule has 2 nitrogen and oxygen atoms in total. The van der Waals surface area contributed by atoms with Crippen molar-refractivity contribution in [2.45, 2.75) is 13.8 Å². The van der Waals surface area contributed by atoms with Gasteiger partial charge in [0.2, 0.25) is 0 Å². The van der Waals surface area contributed by atoms with Gasteiger partial charge in [0.25, 0.3) is 0 Å². The summed E-state index contributed by atoms with van der Waals surface area (Å²) in [6.07, 6.45) is 3.44. The molecule has 0 aromatic heterocycles. The Bertz CT molecular complexity index is 150. The van der Waals surface area contributed by atoms with Crippen LogP contribution < -0.4 is 5.73 Å². The first kappa shape index (κ1) is 7.95. The molecular formula is C7H12N2. The van der Waals surface area contributed by atoms with Gasteiger partial charge in [-0.05, 0) is 32.2 Å². The van der Waals surface area contributed by atoms with Gasteiger partial charge >= 0.3 is 0 Å². The van der Waals surface area contributed by atoms with Gasteiger partial charge < -0.3 is 5.73 Å². The maximum atomic E-state index is 5.44. The van der Waals surface area contributed by atoms with Crippen LogP contribution in [-0.2, 0) is 0 Å². The van der Waals surface area contributed by atoms with Crippen LogP contribution >= 0.6 is 0 Å². The average Bonchev–Trinajstić information content (AvgIpc) is 1.82. The average molecular weight is 124 g/mol. The summed E-state index contributed by atoms with van der Waals surface area (Å²) < 4.78 is 0. The highest BCUT2D eigenvalue weighted by Gasteiger charge is 1.82. The third-order valence-corrected chi connectivity index (χ3v) is 1.05. The first-order chi connectivity index (χ1) is 4.18. The van der Waals surface area contributed by atoms with Gasteiger partial charge in [-0.3, -0.25) is 4.99 Å². The van der Waals surface area contributed by atoms with Gasteiger partial charge in [0, 0.05) is 11.9 Å². The van der Waals surface area contributed by atoms with Crippen LogP contribution in [0.2, 0.25) is 0 Å². The molecule has 0 aliphatic carbocycles. The summed E-state index contributed by atoms with van der Waals surface area (Å²) in [5.41, 5.74) is 7.29. The molecule has 2 heteroatoms. The second-order valence-electron chi connectivity index (χ2n) is 1.86. The van der Waals surface area contributed by atoms with Crippen molar-refractivity contribution >= 4 is 6.72 Å². The smallest absolute Gasteiger partial charge is 0.0263 e. The fraction of sp³-hybridized carbons (Fsp3) is 0.286. The normalized spacial score (nSPS) is 13.6. The number of aliphatic imine (C=N–C) groups is 1. The predicted molar refractivity (Wildman–Crippen MR) is 41.3 cm³/mol. The molecule has 0 unspecified atom stereocenters. The molecule has 0 aromatic carbocycles. The lowest BCUT2D eigenvalue weighted by atomic mass is 10.2. The van der Waals surface area contributed by atoms with Crippen molar-refractivity contribution in [3.63, 3.8) is 0 Å². The fourth-order valence-electron chi connectivity index (χ4n) is 0.296. The third kappa shape index (κ3) is 3.53. The molecule has 0 saturated carbocycles. The third-order valence-electron chi connectivity index (χ3n) is 1.05. The highest BCUT2D eigenvalue weighted by atomic mass is 14.6. The van der Waals surface area contributed by atoms with Crippen LogP contribution in [0.5, 0.6) is 0 Å². The van der Waals surface area contributed by atoms with E-state index in [2.05, 4.69) is 11.7 Å². The van der Waals surface area contributed by atoms with E-state index in [0.717, 1.165) is 11.3 Å². The number of nitrogens with zero attached hydrogens (tertiary/aromatic N) is 1. The quantitative estimate of drug-likeness (QED) is 0.439. The van der Waals surface area contributed by atoms with Crippen molar-refractivity contribution in [1.29, 1.82) is 0 Å². The SMILES string of the molecule is C=N/C=C\C(C)=C(\C)N. The molecule has 0 spiro atoms. The van der Waals surface area contributed by atoms with E-state index in [1.165, 1.54) is 0 Å². The Hall–Kier alpha value is -1.05. The van der Waals surface area contributed by atoms with E-state index in [4.69, 9.17) is 5.73 Å². The largest absolute Gasteiger partial charge is 0.402 e. The topological polar surface area (TPSA) is 38.4 Å². The molecule has 2 N–H and O–H groups in total. The summed E-state index contributed by atoms with van der Waals surface area (Å²) in [5, 5.41) is 0. The second-order valence-corrected chi connectivity index (χ2v) is 1.86. The summed E-state index contributed by atoms with van der Waals surface area (Å²) in [6.45, 7) is 7.07. The summed E-state index contributed by atoms with van der Waals surface area (Å²) >= 11 is 0. The Morgan fingerprint density at radius 1 is 1.56 bits per heavy atom. The van der Waals surface area contributed by atoms with Crippen LogP contribution in [0.15, 0.2) is 28.5 Å². The maximum Gasteiger partial charge on any atom is 0.0263 e. The monoisotopic (exact) mass is 124 g/mol. The lowest BCUT2D eigenvalue weighted by Crippen LogP contribution is -1.92. The zero-order valence-corrected chi connectivity index (χ0v) is 5.89. The van der Waals surface area contributed by atoms with Gasteiger partial charge in [0.05, 0.1) is 0 Å². The molecular weight excluding hydrogens is 112 g/mol. The number of nitrogens with two attached hydrogens (primary N) is 1. The zero-order chi connectivity index (χ0) is 7.28. The van der Waals surface area contributed by atoms with E-state index in [0.29, 0.717) is 0 Å². The molecule has 9 heavy (non-hydrogen) atoms. The van der Waals surface area contributed by atoms with Gasteiger partial charge in [-0.1, -0.05) is 0 Å². The van der Waals surface area contributed by atoms with Crippen molar-refractivity contribution in [1.82, 2.24) is 0 Å². The van der Waals surface area contributed by atoms with Gasteiger partial charge in [0.1, 0.15) is 0 Å². The van der Waals surface area contributed by atoms with Crippen LogP contribution in [0.4, 0.5) is 0 Å². The highest BCUT2D eigenvalue weighted by Crippen LogP contribution is 1.97. The molecule has 0 aliphatic heterocycles. The van der Waals surface area contributed by atoms with E-state index < -0.39 is 0 Å². The lowest BCUT2D eigenvalue weighted by Gasteiger charge is -1.92. The molecule has 50 valence electrons. The van der Waals surface area contributed by atoms with Crippen molar-refractivity contribution in [3.8, 4) is 0 Å². The molecule has 0 aliphatic rings. The number of allylic oxidation sites excluding steroid dienone is 3. The minimum Gasteiger partial charge on any atom is -0.402 e. The van der Waals surface area contributed by atoms with Crippen molar-refractivity contribution in [2.24, 2.45) is 10.7 Å². The molecule has 0 rings (SSSR count). The van der Waals surface area contributed by atoms with E-state index >= 15 is 0 Å². The fourth-order valence-corrected chi connectivity index (χ4v) is 0.296. The Balaban J connectivity index is 4.06. The first-order valence-corrected chi connectivity index (χ1v) is 2.74. The Kier molecular flexibility index (Phi) is 3.44. The molecule has 0 heterocycles. The predicted octanol–water partition coefficient (Wildman–Crippen LogP) is 1.45. The van der Waals surface area contributed by atoms with Gasteiger partial charge in [-0.25, -0.2) is 0 Å². The van der Waals surface area contributed by atoms with Crippen LogP contribution in [0.3, 0.4) is 0 Å². The molecule has 0 saturated heterocycles. The summed E-state index contributed by atoms with van der Waals surface area (Å²) in [5.74, 6) is 0. The van der Waals surface area contributed by atoms with Crippen molar-refractivity contribution in [3.05, 3.63) is 23.5 Å². The molecule has 0 amide bonds. The molecule has 0 fully saturated rings. The molecule has 0 bridgehead atoms. The van der Waals surface area contributed by atoms with E-state index in [9.17, 15) is 0 Å². The minimum atomic E-state index is 0.815. The second kappa shape index (κ2) is 3.89. The first-order valence-electron chi connectivity index (χ1n) is 2.74. The van der Waals surface area contributed by atoms with E-state index in [1.807, 2.05) is 19.9 Å². The van der Waals surface area contributed by atoms with E-state index in [1.54, 1.807) is 6.20 Å². The summed E-state index contributed by atoms with van der Waals surface area (Å²) in [4.78, 5) is 3.54. The van der Waals surface area contributed by atoms with Crippen molar-refractivity contribution in [2.75, 3.05) is 0 Å². The van der Waals surface area contributed by atoms with Gasteiger partial charge in [0.15, 0.2) is 0 Å². The maximum absolute atomic E-state index is 5.44. The van der Waals surface area contributed by atoms with Crippen LogP contribution in [0, 0.1) is 0 Å². The summed E-state index contributed by atoms with van der Waals surface area (Å²) in [7, 11) is 0. The molecule has 0 aromatic rings. The number of hydrogen-bond acceptors (Lipinski definition) is 2. The number of hydrogen-bond donors (Lipinski definition) is 1. The van der Waals surface area contributed by atoms with Crippen LogP contribution in [0.25, 0.3) is 0 Å².